The number of carbonyl (C=O) groups excluding carboxylic acids is 1. The molecule has 2 aromatic carbocycles. The minimum atomic E-state index is -3.43. The number of nitrogens with one attached hydrogen (secondary N) is 1. The third kappa shape index (κ3) is 5.36. The highest BCUT2D eigenvalue weighted by Gasteiger charge is 2.18. The van der Waals surface area contributed by atoms with Crippen molar-refractivity contribution in [1.29, 1.82) is 0 Å². The Bertz CT molecular complexity index is 906. The van der Waals surface area contributed by atoms with Gasteiger partial charge in [-0.2, -0.15) is 0 Å². The number of methoxy groups -OCH3 is 1. The summed E-state index contributed by atoms with van der Waals surface area (Å²) in [6.45, 7) is 5.75. The number of amides is 1. The summed E-state index contributed by atoms with van der Waals surface area (Å²) in [4.78, 5) is 12.6. The van der Waals surface area contributed by atoms with Crippen LogP contribution in [0, 0.1) is 0 Å². The molecule has 28 heavy (non-hydrogen) atoms. The lowest BCUT2D eigenvalue weighted by Crippen LogP contribution is -2.30. The first-order valence-electron chi connectivity index (χ1n) is 8.93. The summed E-state index contributed by atoms with van der Waals surface area (Å²) in [6.07, 6.45) is 3.39. The topological polar surface area (TPSA) is 75.7 Å². The smallest absolute Gasteiger partial charge is 0.251 e. The van der Waals surface area contributed by atoms with Crippen molar-refractivity contribution in [2.45, 2.75) is 19.4 Å². The molecule has 0 saturated carbocycles. The standard InChI is InChI=1S/C21H26N2O4S/c1-5-15-23(28(4,25)26)18-11-7-17(8-12-18)21(24)22-20(6-2)16-9-13-19(27-3)14-10-16/h5,7-14,20H,1,6,15H2,2-4H3,(H,22,24)/t20-/m1/s1. The van der Waals surface area contributed by atoms with Gasteiger partial charge in [0.25, 0.3) is 5.91 Å². The molecule has 0 spiro atoms. The zero-order valence-corrected chi connectivity index (χ0v) is 17.2. The van der Waals surface area contributed by atoms with Crippen LogP contribution in [0.25, 0.3) is 0 Å². The molecule has 150 valence electrons. The highest BCUT2D eigenvalue weighted by molar-refractivity contribution is 7.92. The van der Waals surface area contributed by atoms with Crippen molar-refractivity contribution in [3.05, 3.63) is 72.3 Å². The van der Waals surface area contributed by atoms with E-state index in [1.807, 2.05) is 31.2 Å². The Kier molecular flexibility index (Phi) is 7.23. The molecule has 6 nitrogen and oxygen atoms in total. The molecular formula is C21H26N2O4S. The Morgan fingerprint density at radius 3 is 2.25 bits per heavy atom. The summed E-state index contributed by atoms with van der Waals surface area (Å²) in [7, 11) is -1.82. The average Bonchev–Trinajstić information content (AvgIpc) is 2.69. The normalized spacial score (nSPS) is 12.1. The molecule has 0 bridgehead atoms. The van der Waals surface area contributed by atoms with Crippen LogP contribution in [0.1, 0.15) is 35.3 Å². The van der Waals surface area contributed by atoms with E-state index >= 15 is 0 Å². The van der Waals surface area contributed by atoms with Crippen LogP contribution >= 0.6 is 0 Å². The van der Waals surface area contributed by atoms with Gasteiger partial charge in [-0.15, -0.1) is 6.58 Å². The number of sulfonamides is 1. The fourth-order valence-corrected chi connectivity index (χ4v) is 3.71. The van der Waals surface area contributed by atoms with E-state index in [4.69, 9.17) is 4.74 Å². The van der Waals surface area contributed by atoms with Crippen molar-refractivity contribution in [1.82, 2.24) is 5.32 Å². The Labute approximate surface area is 166 Å². The predicted molar refractivity (Wildman–Crippen MR) is 112 cm³/mol. The molecule has 7 heteroatoms. The van der Waals surface area contributed by atoms with Crippen LogP contribution in [-0.4, -0.2) is 34.2 Å². The summed E-state index contributed by atoms with van der Waals surface area (Å²) in [6, 6.07) is 13.9. The SMILES string of the molecule is C=CCN(c1ccc(C(=O)N[C@H](CC)c2ccc(OC)cc2)cc1)S(C)(=O)=O. The maximum atomic E-state index is 12.6. The number of hydrogen-bond acceptors (Lipinski definition) is 4. The largest absolute Gasteiger partial charge is 0.497 e. The number of anilines is 1. The van der Waals surface area contributed by atoms with Gasteiger partial charge in [0, 0.05) is 5.56 Å². The summed E-state index contributed by atoms with van der Waals surface area (Å²) >= 11 is 0. The molecule has 0 unspecified atom stereocenters. The van der Waals surface area contributed by atoms with Crippen LogP contribution in [0.15, 0.2) is 61.2 Å². The van der Waals surface area contributed by atoms with Gasteiger partial charge >= 0.3 is 0 Å². The molecule has 1 amide bonds. The highest BCUT2D eigenvalue weighted by Crippen LogP contribution is 2.22. The van der Waals surface area contributed by atoms with Gasteiger partial charge in [0.1, 0.15) is 5.75 Å². The minimum Gasteiger partial charge on any atom is -0.497 e. The van der Waals surface area contributed by atoms with Crippen molar-refractivity contribution in [2.24, 2.45) is 0 Å². The molecule has 0 radical (unpaired) electrons. The Hall–Kier alpha value is -2.80. The average molecular weight is 403 g/mol. The first kappa shape index (κ1) is 21.5. The van der Waals surface area contributed by atoms with Gasteiger partial charge in [-0.1, -0.05) is 25.1 Å². The van der Waals surface area contributed by atoms with Gasteiger partial charge in [0.05, 0.1) is 31.6 Å². The van der Waals surface area contributed by atoms with E-state index < -0.39 is 10.0 Å². The van der Waals surface area contributed by atoms with E-state index in [2.05, 4.69) is 11.9 Å². The quantitative estimate of drug-likeness (QED) is 0.651. The molecule has 0 aliphatic carbocycles. The lowest BCUT2D eigenvalue weighted by atomic mass is 10.0. The third-order valence-electron chi connectivity index (χ3n) is 4.34. The molecule has 0 heterocycles. The Morgan fingerprint density at radius 1 is 1.18 bits per heavy atom. The molecule has 0 aliphatic heterocycles. The minimum absolute atomic E-state index is 0.133. The van der Waals surface area contributed by atoms with Crippen molar-refractivity contribution >= 4 is 21.6 Å². The highest BCUT2D eigenvalue weighted by atomic mass is 32.2. The zero-order chi connectivity index (χ0) is 20.7. The van der Waals surface area contributed by atoms with Gasteiger partial charge in [-0.25, -0.2) is 8.42 Å². The van der Waals surface area contributed by atoms with E-state index in [1.54, 1.807) is 31.4 Å². The fourth-order valence-electron chi connectivity index (χ4n) is 2.83. The second-order valence-corrected chi connectivity index (χ2v) is 8.24. The van der Waals surface area contributed by atoms with Gasteiger partial charge in [0.15, 0.2) is 0 Å². The number of ether oxygens (including phenoxy) is 1. The molecule has 0 aromatic heterocycles. The molecule has 2 rings (SSSR count). The van der Waals surface area contributed by atoms with Gasteiger partial charge in [0.2, 0.25) is 10.0 Å². The first-order chi connectivity index (χ1) is 13.3. The lowest BCUT2D eigenvalue weighted by molar-refractivity contribution is 0.0935. The van der Waals surface area contributed by atoms with E-state index in [-0.39, 0.29) is 18.5 Å². The number of benzene rings is 2. The molecule has 1 N–H and O–H groups in total. The van der Waals surface area contributed by atoms with Gasteiger partial charge < -0.3 is 10.1 Å². The zero-order valence-electron chi connectivity index (χ0n) is 16.4. The van der Waals surface area contributed by atoms with E-state index in [1.165, 1.54) is 10.4 Å². The van der Waals surface area contributed by atoms with Crippen molar-refractivity contribution in [2.75, 3.05) is 24.2 Å². The van der Waals surface area contributed by atoms with E-state index in [0.717, 1.165) is 24.0 Å². The van der Waals surface area contributed by atoms with Crippen molar-refractivity contribution < 1.29 is 17.9 Å². The summed E-state index contributed by atoms with van der Waals surface area (Å²) in [5.74, 6) is 0.541. The molecule has 0 saturated heterocycles. The molecule has 2 aromatic rings. The van der Waals surface area contributed by atoms with Crippen molar-refractivity contribution in [3.8, 4) is 5.75 Å². The second kappa shape index (κ2) is 9.41. The number of carbonyl (C=O) groups is 1. The van der Waals surface area contributed by atoms with Crippen LogP contribution < -0.4 is 14.4 Å². The Balaban J connectivity index is 2.15. The van der Waals surface area contributed by atoms with Crippen LogP contribution in [0.2, 0.25) is 0 Å². The fraction of sp³-hybridized carbons (Fsp3) is 0.286. The summed E-state index contributed by atoms with van der Waals surface area (Å²) in [5, 5.41) is 3.01. The third-order valence-corrected chi connectivity index (χ3v) is 5.51. The van der Waals surface area contributed by atoms with E-state index in [0.29, 0.717) is 11.3 Å². The number of nitrogens with zero attached hydrogens (tertiary/aromatic N) is 1. The number of rotatable bonds is 9. The Morgan fingerprint density at radius 2 is 1.79 bits per heavy atom. The van der Waals surface area contributed by atoms with Crippen LogP contribution in [0.4, 0.5) is 5.69 Å². The van der Waals surface area contributed by atoms with Crippen LogP contribution in [-0.2, 0) is 10.0 Å². The maximum absolute atomic E-state index is 12.6. The number of hydrogen-bond donors (Lipinski definition) is 1. The molecule has 0 aliphatic rings. The molecule has 1 atom stereocenters. The monoisotopic (exact) mass is 402 g/mol. The van der Waals surface area contributed by atoms with Crippen LogP contribution in [0.3, 0.4) is 0 Å². The predicted octanol–water partition coefficient (Wildman–Crippen LogP) is 3.53. The second-order valence-electron chi connectivity index (χ2n) is 6.34. The van der Waals surface area contributed by atoms with E-state index in [9.17, 15) is 13.2 Å². The van der Waals surface area contributed by atoms with Crippen LogP contribution in [0.5, 0.6) is 5.75 Å². The van der Waals surface area contributed by atoms with Gasteiger partial charge in [-0.3, -0.25) is 9.10 Å². The summed E-state index contributed by atoms with van der Waals surface area (Å²) in [5.41, 5.74) is 1.94. The summed E-state index contributed by atoms with van der Waals surface area (Å²) < 4.78 is 30.2. The van der Waals surface area contributed by atoms with Gasteiger partial charge in [-0.05, 0) is 48.4 Å². The molecular weight excluding hydrogens is 376 g/mol. The molecule has 0 fully saturated rings. The lowest BCUT2D eigenvalue weighted by Gasteiger charge is -2.21. The van der Waals surface area contributed by atoms with Crippen molar-refractivity contribution in [3.63, 3.8) is 0 Å². The first-order valence-corrected chi connectivity index (χ1v) is 10.8. The maximum Gasteiger partial charge on any atom is 0.251 e.